The van der Waals surface area contributed by atoms with E-state index in [-0.39, 0.29) is 29.3 Å². The zero-order valence-electron chi connectivity index (χ0n) is 22.9. The zero-order valence-corrected chi connectivity index (χ0v) is 22.9. The predicted octanol–water partition coefficient (Wildman–Crippen LogP) is 6.95. The number of ether oxygens (including phenoxy) is 2. The van der Waals surface area contributed by atoms with E-state index in [2.05, 4.69) is 58.2 Å². The van der Waals surface area contributed by atoms with Crippen molar-refractivity contribution >= 4 is 23.2 Å². The molecule has 0 atom stereocenters. The van der Waals surface area contributed by atoms with Crippen LogP contribution < -0.4 is 20.1 Å². The van der Waals surface area contributed by atoms with Crippen molar-refractivity contribution in [2.45, 2.75) is 59.3 Å². The highest BCUT2D eigenvalue weighted by molar-refractivity contribution is 6.10. The lowest BCUT2D eigenvalue weighted by Gasteiger charge is -2.27. The van der Waals surface area contributed by atoms with Crippen LogP contribution in [0.3, 0.4) is 0 Å². The molecule has 3 aromatic rings. The van der Waals surface area contributed by atoms with Gasteiger partial charge in [-0.05, 0) is 71.3 Å². The van der Waals surface area contributed by atoms with Crippen LogP contribution in [0.2, 0.25) is 0 Å². The van der Waals surface area contributed by atoms with Crippen molar-refractivity contribution in [3.63, 3.8) is 0 Å². The molecule has 0 aliphatic rings. The average molecular weight is 503 g/mol. The maximum Gasteiger partial charge on any atom is 0.262 e. The summed E-state index contributed by atoms with van der Waals surface area (Å²) < 4.78 is 11.4. The van der Waals surface area contributed by atoms with Gasteiger partial charge in [-0.25, -0.2) is 0 Å². The van der Waals surface area contributed by atoms with E-state index < -0.39 is 0 Å². The van der Waals surface area contributed by atoms with Gasteiger partial charge >= 0.3 is 0 Å². The smallest absolute Gasteiger partial charge is 0.262 e. The molecule has 0 spiro atoms. The van der Waals surface area contributed by atoms with Gasteiger partial charge in [0.15, 0.2) is 6.61 Å². The van der Waals surface area contributed by atoms with Crippen LogP contribution in [0.5, 0.6) is 11.5 Å². The third-order valence-corrected chi connectivity index (χ3v) is 5.88. The molecule has 0 radical (unpaired) electrons. The largest absolute Gasteiger partial charge is 0.494 e. The first-order chi connectivity index (χ1) is 17.4. The average Bonchev–Trinajstić information content (AvgIpc) is 2.83. The highest BCUT2D eigenvalue weighted by Gasteiger charge is 2.23. The minimum atomic E-state index is -0.346. The first-order valence-corrected chi connectivity index (χ1v) is 12.6. The van der Waals surface area contributed by atoms with E-state index in [0.717, 1.165) is 11.3 Å². The maximum absolute atomic E-state index is 12.9. The Labute approximate surface area is 220 Å². The number of para-hydroxylation sites is 1. The van der Waals surface area contributed by atoms with Gasteiger partial charge in [-0.1, -0.05) is 65.8 Å². The lowest BCUT2D eigenvalue weighted by Crippen LogP contribution is -2.24. The molecule has 37 heavy (non-hydrogen) atoms. The Hall–Kier alpha value is -3.80. The van der Waals surface area contributed by atoms with Crippen LogP contribution in [0.15, 0.2) is 66.7 Å². The Morgan fingerprint density at radius 2 is 1.46 bits per heavy atom. The highest BCUT2D eigenvalue weighted by Crippen LogP contribution is 2.35. The molecule has 196 valence electrons. The monoisotopic (exact) mass is 502 g/mol. The highest BCUT2D eigenvalue weighted by atomic mass is 16.5. The quantitative estimate of drug-likeness (QED) is 0.349. The van der Waals surface area contributed by atoms with Crippen LogP contribution in [0, 0.1) is 0 Å². The second-order valence-electron chi connectivity index (χ2n) is 11.0. The predicted molar refractivity (Wildman–Crippen MR) is 150 cm³/mol. The molecule has 6 nitrogen and oxygen atoms in total. The number of carbonyl (C=O) groups is 2. The van der Waals surface area contributed by atoms with Crippen molar-refractivity contribution in [1.82, 2.24) is 0 Å². The van der Waals surface area contributed by atoms with Crippen molar-refractivity contribution in [2.24, 2.45) is 0 Å². The minimum Gasteiger partial charge on any atom is -0.494 e. The summed E-state index contributed by atoms with van der Waals surface area (Å²) in [5.41, 5.74) is 3.51. The van der Waals surface area contributed by atoms with Gasteiger partial charge in [-0.3, -0.25) is 9.59 Å². The fraction of sp³-hybridized carbons (Fsp3) is 0.355. The number of rotatable bonds is 8. The fourth-order valence-corrected chi connectivity index (χ4v) is 3.83. The minimum absolute atomic E-state index is 0.00547. The number of anilines is 2. The van der Waals surface area contributed by atoms with Crippen LogP contribution in [-0.4, -0.2) is 25.0 Å². The summed E-state index contributed by atoms with van der Waals surface area (Å²) in [7, 11) is 0. The summed E-state index contributed by atoms with van der Waals surface area (Å²) >= 11 is 0. The molecule has 0 unspecified atom stereocenters. The van der Waals surface area contributed by atoms with Gasteiger partial charge < -0.3 is 20.1 Å². The molecule has 0 saturated heterocycles. The van der Waals surface area contributed by atoms with Crippen molar-refractivity contribution in [3.05, 3.63) is 83.4 Å². The van der Waals surface area contributed by atoms with Gasteiger partial charge in [0.1, 0.15) is 11.5 Å². The lowest BCUT2D eigenvalue weighted by molar-refractivity contribution is -0.118. The van der Waals surface area contributed by atoms with Crippen LogP contribution in [0.1, 0.15) is 70.0 Å². The summed E-state index contributed by atoms with van der Waals surface area (Å²) in [4.78, 5) is 25.8. The van der Waals surface area contributed by atoms with E-state index in [1.807, 2.05) is 19.1 Å². The summed E-state index contributed by atoms with van der Waals surface area (Å²) in [5.74, 6) is 0.739. The molecule has 0 aliphatic carbocycles. The molecule has 6 heteroatoms. The van der Waals surface area contributed by atoms with E-state index in [1.54, 1.807) is 48.5 Å². The molecule has 3 rings (SSSR count). The van der Waals surface area contributed by atoms with Crippen LogP contribution in [-0.2, 0) is 15.6 Å². The second-order valence-corrected chi connectivity index (χ2v) is 11.0. The Balaban J connectivity index is 1.70. The molecule has 2 amide bonds. The number of hydrogen-bond donors (Lipinski definition) is 2. The van der Waals surface area contributed by atoms with Crippen molar-refractivity contribution in [3.8, 4) is 11.5 Å². The van der Waals surface area contributed by atoms with Crippen LogP contribution in [0.25, 0.3) is 0 Å². The fourth-order valence-electron chi connectivity index (χ4n) is 3.83. The summed E-state index contributed by atoms with van der Waals surface area (Å²) in [6.07, 6.45) is 0. The number of carbonyl (C=O) groups excluding carboxylic acids is 2. The Morgan fingerprint density at radius 1 is 0.784 bits per heavy atom. The van der Waals surface area contributed by atoms with Crippen LogP contribution >= 0.6 is 0 Å². The molecular formula is C31H38N2O4. The van der Waals surface area contributed by atoms with Gasteiger partial charge in [0.2, 0.25) is 0 Å². The Morgan fingerprint density at radius 3 is 2.08 bits per heavy atom. The molecule has 3 aromatic carbocycles. The van der Waals surface area contributed by atoms with Gasteiger partial charge in [-0.2, -0.15) is 0 Å². The van der Waals surface area contributed by atoms with Crippen LogP contribution in [0.4, 0.5) is 11.4 Å². The van der Waals surface area contributed by atoms with E-state index >= 15 is 0 Å². The molecule has 0 aromatic heterocycles. The molecule has 0 aliphatic heterocycles. The van der Waals surface area contributed by atoms with Crippen molar-refractivity contribution in [2.75, 3.05) is 23.8 Å². The maximum atomic E-state index is 12.9. The summed E-state index contributed by atoms with van der Waals surface area (Å²) in [6.45, 7) is 15.2. The number of benzene rings is 3. The first-order valence-electron chi connectivity index (χ1n) is 12.6. The van der Waals surface area contributed by atoms with Gasteiger partial charge in [0.05, 0.1) is 17.9 Å². The standard InChI is InChI=1S/C31H38N2O4/c1-8-36-23-16-14-22(15-17-23)32-29(35)24-11-9-10-12-26(24)33-28(34)20-37-27-18-13-21(30(2,3)4)19-25(27)31(5,6)7/h9-19H,8,20H2,1-7H3,(H,32,35)(H,33,34). The van der Waals surface area contributed by atoms with Crippen molar-refractivity contribution < 1.29 is 19.1 Å². The Kier molecular flexibility index (Phi) is 8.64. The number of nitrogens with one attached hydrogen (secondary N) is 2. The molecule has 0 bridgehead atoms. The second kappa shape index (κ2) is 11.5. The third kappa shape index (κ3) is 7.59. The summed E-state index contributed by atoms with van der Waals surface area (Å²) in [5, 5.41) is 5.69. The van der Waals surface area contributed by atoms with E-state index in [1.165, 1.54) is 5.56 Å². The lowest BCUT2D eigenvalue weighted by atomic mass is 9.80. The topological polar surface area (TPSA) is 76.7 Å². The number of amides is 2. The third-order valence-electron chi connectivity index (χ3n) is 5.88. The first kappa shape index (κ1) is 27.8. The zero-order chi connectivity index (χ0) is 27.2. The number of hydrogen-bond acceptors (Lipinski definition) is 4. The van der Waals surface area contributed by atoms with Crippen molar-refractivity contribution in [1.29, 1.82) is 0 Å². The van der Waals surface area contributed by atoms with Gasteiger partial charge in [0.25, 0.3) is 11.8 Å². The SMILES string of the molecule is CCOc1ccc(NC(=O)c2ccccc2NC(=O)COc2ccc(C(C)(C)C)cc2C(C)(C)C)cc1. The molecule has 2 N–H and O–H groups in total. The van der Waals surface area contributed by atoms with Gasteiger partial charge in [-0.15, -0.1) is 0 Å². The van der Waals surface area contributed by atoms with E-state index in [0.29, 0.717) is 29.3 Å². The Bertz CT molecular complexity index is 1240. The van der Waals surface area contributed by atoms with E-state index in [4.69, 9.17) is 9.47 Å². The normalized spacial score (nSPS) is 11.5. The molecule has 0 fully saturated rings. The van der Waals surface area contributed by atoms with E-state index in [9.17, 15) is 9.59 Å². The molecule has 0 heterocycles. The van der Waals surface area contributed by atoms with Gasteiger partial charge in [0, 0.05) is 5.69 Å². The summed E-state index contributed by atoms with van der Waals surface area (Å²) in [6, 6.07) is 20.2. The molecular weight excluding hydrogens is 464 g/mol. The molecule has 0 saturated carbocycles.